The van der Waals surface area contributed by atoms with E-state index < -0.39 is 0 Å². The molecule has 0 unspecified atom stereocenters. The summed E-state index contributed by atoms with van der Waals surface area (Å²) in [6.45, 7) is 6.41. The van der Waals surface area contributed by atoms with Crippen LogP contribution >= 0.6 is 0 Å². The number of nitrogens with zero attached hydrogens (tertiary/aromatic N) is 2. The SMILES string of the molecule is Bc1ccn(C(C)(C)C)n1. The fourth-order valence-corrected chi connectivity index (χ4v) is 0.789. The molecule has 0 bridgehead atoms. The molecule has 0 aliphatic rings. The number of hydrogen-bond donors (Lipinski definition) is 0. The Hall–Kier alpha value is -0.725. The van der Waals surface area contributed by atoms with E-state index in [-0.39, 0.29) is 5.54 Å². The third-order valence-corrected chi connectivity index (χ3v) is 1.41. The van der Waals surface area contributed by atoms with E-state index >= 15 is 0 Å². The van der Waals surface area contributed by atoms with Crippen molar-refractivity contribution in [2.75, 3.05) is 0 Å². The molecule has 2 nitrogen and oxygen atoms in total. The molecule has 3 heteroatoms. The van der Waals surface area contributed by atoms with E-state index in [0.29, 0.717) is 0 Å². The third kappa shape index (κ3) is 1.41. The van der Waals surface area contributed by atoms with Crippen molar-refractivity contribution in [1.29, 1.82) is 0 Å². The normalized spacial score (nSPS) is 11.9. The molecule has 0 atom stereocenters. The summed E-state index contributed by atoms with van der Waals surface area (Å²) in [5.74, 6) is 0. The predicted molar refractivity (Wildman–Crippen MR) is 45.4 cm³/mol. The van der Waals surface area contributed by atoms with E-state index in [0.717, 1.165) is 5.59 Å². The summed E-state index contributed by atoms with van der Waals surface area (Å²) >= 11 is 0. The summed E-state index contributed by atoms with van der Waals surface area (Å²) in [7, 11) is 2.00. The summed E-state index contributed by atoms with van der Waals surface area (Å²) in [4.78, 5) is 0. The van der Waals surface area contributed by atoms with Gasteiger partial charge < -0.3 is 0 Å². The molecule has 0 fully saturated rings. The second-order valence-corrected chi connectivity index (χ2v) is 3.57. The molecule has 0 saturated carbocycles. The van der Waals surface area contributed by atoms with Gasteiger partial charge >= 0.3 is 0 Å². The maximum absolute atomic E-state index is 4.30. The van der Waals surface area contributed by atoms with Gasteiger partial charge in [0.25, 0.3) is 0 Å². The van der Waals surface area contributed by atoms with Gasteiger partial charge in [-0.25, -0.2) is 0 Å². The van der Waals surface area contributed by atoms with Crippen molar-refractivity contribution in [3.05, 3.63) is 12.3 Å². The van der Waals surface area contributed by atoms with E-state index in [1.54, 1.807) is 0 Å². The van der Waals surface area contributed by atoms with Gasteiger partial charge in [-0.1, -0.05) is 0 Å². The fourth-order valence-electron chi connectivity index (χ4n) is 0.789. The molecule has 0 aromatic carbocycles. The Morgan fingerprint density at radius 3 is 2.30 bits per heavy atom. The molecule has 1 rings (SSSR count). The lowest BCUT2D eigenvalue weighted by atomic mass is 10.1. The van der Waals surface area contributed by atoms with Crippen LogP contribution in [0, 0.1) is 0 Å². The molecule has 1 aromatic heterocycles. The Balaban J connectivity index is 2.96. The maximum Gasteiger partial charge on any atom is 0.166 e. The van der Waals surface area contributed by atoms with Crippen molar-refractivity contribution in [1.82, 2.24) is 9.78 Å². The highest BCUT2D eigenvalue weighted by Gasteiger charge is 2.12. The van der Waals surface area contributed by atoms with Crippen molar-refractivity contribution in [2.24, 2.45) is 0 Å². The Labute approximate surface area is 62.7 Å². The molecule has 0 saturated heterocycles. The van der Waals surface area contributed by atoms with Gasteiger partial charge in [0.15, 0.2) is 7.85 Å². The average Bonchev–Trinajstić information content (AvgIpc) is 2.11. The lowest BCUT2D eigenvalue weighted by molar-refractivity contribution is 0.357. The predicted octanol–water partition coefficient (Wildman–Crippen LogP) is -0.104. The number of hydrogen-bond acceptors (Lipinski definition) is 1. The van der Waals surface area contributed by atoms with Gasteiger partial charge in [0.1, 0.15) is 0 Å². The van der Waals surface area contributed by atoms with Crippen LogP contribution in [0.3, 0.4) is 0 Å². The number of rotatable bonds is 0. The van der Waals surface area contributed by atoms with Crippen LogP contribution < -0.4 is 5.59 Å². The van der Waals surface area contributed by atoms with Gasteiger partial charge in [-0.3, -0.25) is 4.68 Å². The molecule has 0 aliphatic carbocycles. The quantitative estimate of drug-likeness (QED) is 0.455. The zero-order valence-corrected chi connectivity index (χ0v) is 7.05. The van der Waals surface area contributed by atoms with E-state index in [1.165, 1.54) is 0 Å². The van der Waals surface area contributed by atoms with E-state index in [1.807, 2.05) is 24.8 Å². The molecule has 0 spiro atoms. The summed E-state index contributed by atoms with van der Waals surface area (Å²) in [6.07, 6.45) is 2.01. The summed E-state index contributed by atoms with van der Waals surface area (Å²) < 4.78 is 1.97. The molecular formula is C7H13BN2. The van der Waals surface area contributed by atoms with Gasteiger partial charge in [-0.15, -0.1) is 0 Å². The highest BCUT2D eigenvalue weighted by atomic mass is 15.3. The van der Waals surface area contributed by atoms with Gasteiger partial charge in [0, 0.05) is 11.8 Å². The summed E-state index contributed by atoms with van der Waals surface area (Å²) in [5.41, 5.74) is 1.20. The number of aromatic nitrogens is 2. The Morgan fingerprint density at radius 1 is 1.50 bits per heavy atom. The second kappa shape index (κ2) is 2.15. The zero-order chi connectivity index (χ0) is 7.78. The highest BCUT2D eigenvalue weighted by Crippen LogP contribution is 2.09. The molecule has 10 heavy (non-hydrogen) atoms. The molecule has 0 amide bonds. The van der Waals surface area contributed by atoms with Gasteiger partial charge in [-0.05, 0) is 26.8 Å². The van der Waals surface area contributed by atoms with Crippen LogP contribution in [0.25, 0.3) is 0 Å². The first-order valence-electron chi connectivity index (χ1n) is 3.53. The minimum absolute atomic E-state index is 0.119. The minimum Gasteiger partial charge on any atom is -0.268 e. The van der Waals surface area contributed by atoms with Crippen LogP contribution in [-0.2, 0) is 5.54 Å². The molecular weight excluding hydrogens is 123 g/mol. The Morgan fingerprint density at radius 2 is 2.10 bits per heavy atom. The van der Waals surface area contributed by atoms with Gasteiger partial charge in [-0.2, -0.15) is 5.10 Å². The first kappa shape index (κ1) is 7.38. The highest BCUT2D eigenvalue weighted by molar-refractivity contribution is 6.30. The molecule has 0 N–H and O–H groups in total. The lowest BCUT2D eigenvalue weighted by Gasteiger charge is -2.18. The topological polar surface area (TPSA) is 17.8 Å². The van der Waals surface area contributed by atoms with Crippen molar-refractivity contribution in [3.63, 3.8) is 0 Å². The van der Waals surface area contributed by atoms with E-state index in [2.05, 4.69) is 25.9 Å². The van der Waals surface area contributed by atoms with Crippen molar-refractivity contribution >= 4 is 13.4 Å². The van der Waals surface area contributed by atoms with Gasteiger partial charge in [0.05, 0.1) is 5.54 Å². The molecule has 0 radical (unpaired) electrons. The first-order valence-corrected chi connectivity index (χ1v) is 3.53. The standard InChI is InChI=1S/C7H13BN2/c1-7(2,3)10-5-4-6(8)9-10/h4-5H,8H2,1-3H3. The Bertz CT molecular complexity index is 222. The van der Waals surface area contributed by atoms with Crippen LogP contribution in [0.5, 0.6) is 0 Å². The van der Waals surface area contributed by atoms with Crippen LogP contribution in [-0.4, -0.2) is 17.6 Å². The zero-order valence-electron chi connectivity index (χ0n) is 7.05. The van der Waals surface area contributed by atoms with Crippen LogP contribution in [0.4, 0.5) is 0 Å². The molecule has 1 aromatic rings. The molecule has 0 aliphatic heterocycles. The molecule has 1 heterocycles. The first-order chi connectivity index (χ1) is 4.50. The molecule has 54 valence electrons. The smallest absolute Gasteiger partial charge is 0.166 e. The second-order valence-electron chi connectivity index (χ2n) is 3.57. The van der Waals surface area contributed by atoms with Gasteiger partial charge in [0.2, 0.25) is 0 Å². The fraction of sp³-hybridized carbons (Fsp3) is 0.571. The van der Waals surface area contributed by atoms with Crippen LogP contribution in [0.2, 0.25) is 0 Å². The Kier molecular flexibility index (Phi) is 1.59. The minimum atomic E-state index is 0.119. The summed E-state index contributed by atoms with van der Waals surface area (Å²) in [6, 6.07) is 2.02. The van der Waals surface area contributed by atoms with Crippen molar-refractivity contribution in [2.45, 2.75) is 26.3 Å². The maximum atomic E-state index is 4.30. The average molecular weight is 136 g/mol. The third-order valence-electron chi connectivity index (χ3n) is 1.41. The van der Waals surface area contributed by atoms with Crippen molar-refractivity contribution in [3.8, 4) is 0 Å². The summed E-state index contributed by atoms with van der Waals surface area (Å²) in [5, 5.41) is 4.30. The lowest BCUT2D eigenvalue weighted by Crippen LogP contribution is -2.24. The van der Waals surface area contributed by atoms with Crippen LogP contribution in [0.1, 0.15) is 20.8 Å². The monoisotopic (exact) mass is 136 g/mol. The largest absolute Gasteiger partial charge is 0.268 e. The van der Waals surface area contributed by atoms with E-state index in [9.17, 15) is 0 Å². The van der Waals surface area contributed by atoms with Crippen LogP contribution in [0.15, 0.2) is 12.3 Å². The van der Waals surface area contributed by atoms with Crippen molar-refractivity contribution < 1.29 is 0 Å². The van der Waals surface area contributed by atoms with E-state index in [4.69, 9.17) is 0 Å².